The number of fused-ring (bicyclic) bond motifs is 3. The monoisotopic (exact) mass is 372 g/mol. The minimum Gasteiger partial charge on any atom is -0.361 e. The molecule has 1 amide bonds. The molecule has 0 spiro atoms. The Morgan fingerprint density at radius 3 is 2.68 bits per heavy atom. The van der Waals surface area contributed by atoms with Crippen molar-refractivity contribution in [1.82, 2.24) is 19.4 Å². The van der Waals surface area contributed by atoms with Gasteiger partial charge >= 0.3 is 0 Å². The summed E-state index contributed by atoms with van der Waals surface area (Å²) in [4.78, 5) is 35.6. The lowest BCUT2D eigenvalue weighted by atomic mass is 10.1. The van der Waals surface area contributed by atoms with E-state index in [9.17, 15) is 9.59 Å². The fourth-order valence-corrected chi connectivity index (χ4v) is 4.11. The van der Waals surface area contributed by atoms with Gasteiger partial charge in [0.15, 0.2) is 0 Å². The van der Waals surface area contributed by atoms with Crippen LogP contribution in [0, 0.1) is 0 Å². The standard InChI is InChI=1S/C22H20N4O2/c1-14-21(27)25(11-10-15-12-23-18-8-4-2-6-16(15)18)13-20-24-19-9-5-3-7-17(19)22(28)26(14)20/h2-9,12,14,23H,10-11,13H2,1H3/t14-/m0/s1. The molecule has 4 aromatic rings. The predicted octanol–water partition coefficient (Wildman–Crippen LogP) is 3.02. The van der Waals surface area contributed by atoms with E-state index >= 15 is 0 Å². The molecule has 3 heterocycles. The van der Waals surface area contributed by atoms with E-state index in [0.29, 0.717) is 29.8 Å². The van der Waals surface area contributed by atoms with Crippen molar-refractivity contribution < 1.29 is 4.79 Å². The molecule has 0 radical (unpaired) electrons. The summed E-state index contributed by atoms with van der Waals surface area (Å²) in [6.45, 7) is 2.72. The van der Waals surface area contributed by atoms with Gasteiger partial charge in [0.2, 0.25) is 5.91 Å². The Labute approximate surface area is 161 Å². The zero-order chi connectivity index (χ0) is 19.3. The van der Waals surface area contributed by atoms with E-state index in [0.717, 1.165) is 11.9 Å². The van der Waals surface area contributed by atoms with Gasteiger partial charge in [0.1, 0.15) is 11.9 Å². The Morgan fingerprint density at radius 1 is 1.07 bits per heavy atom. The van der Waals surface area contributed by atoms with Crippen LogP contribution in [0.2, 0.25) is 0 Å². The number of aromatic nitrogens is 3. The van der Waals surface area contributed by atoms with Crippen LogP contribution in [-0.2, 0) is 17.8 Å². The summed E-state index contributed by atoms with van der Waals surface area (Å²) in [5.41, 5.74) is 2.82. The van der Waals surface area contributed by atoms with Crippen molar-refractivity contribution in [2.45, 2.75) is 25.9 Å². The van der Waals surface area contributed by atoms with E-state index in [1.165, 1.54) is 10.9 Å². The number of carbonyl (C=O) groups is 1. The largest absolute Gasteiger partial charge is 0.361 e. The SMILES string of the molecule is C[C@H]1C(=O)N(CCc2c[nH]c3ccccc23)Cc2nc3ccccc3c(=O)n21. The number of rotatable bonds is 3. The Morgan fingerprint density at radius 2 is 1.82 bits per heavy atom. The Balaban J connectivity index is 1.47. The lowest BCUT2D eigenvalue weighted by Gasteiger charge is -2.33. The number of aromatic amines is 1. The van der Waals surface area contributed by atoms with Crippen molar-refractivity contribution in [1.29, 1.82) is 0 Å². The quantitative estimate of drug-likeness (QED) is 0.601. The Hall–Kier alpha value is -3.41. The molecule has 6 heteroatoms. The van der Waals surface area contributed by atoms with E-state index in [1.807, 2.05) is 47.5 Å². The van der Waals surface area contributed by atoms with Gasteiger partial charge in [0, 0.05) is 23.6 Å². The van der Waals surface area contributed by atoms with E-state index in [4.69, 9.17) is 0 Å². The maximum absolute atomic E-state index is 12.9. The molecule has 0 unspecified atom stereocenters. The molecule has 0 fully saturated rings. The highest BCUT2D eigenvalue weighted by molar-refractivity contribution is 5.84. The molecule has 0 saturated heterocycles. The van der Waals surface area contributed by atoms with Crippen molar-refractivity contribution in [3.05, 3.63) is 76.5 Å². The smallest absolute Gasteiger partial charge is 0.262 e. The van der Waals surface area contributed by atoms with E-state index < -0.39 is 6.04 Å². The van der Waals surface area contributed by atoms with Crippen LogP contribution in [0.3, 0.4) is 0 Å². The predicted molar refractivity (Wildman–Crippen MR) is 108 cm³/mol. The topological polar surface area (TPSA) is 71.0 Å². The van der Waals surface area contributed by atoms with Crippen molar-refractivity contribution >= 4 is 27.7 Å². The summed E-state index contributed by atoms with van der Waals surface area (Å²) in [7, 11) is 0. The van der Waals surface area contributed by atoms with Gasteiger partial charge in [-0.2, -0.15) is 0 Å². The summed E-state index contributed by atoms with van der Waals surface area (Å²) in [5, 5.41) is 1.74. The fourth-order valence-electron chi connectivity index (χ4n) is 4.11. The van der Waals surface area contributed by atoms with Crippen LogP contribution < -0.4 is 5.56 Å². The van der Waals surface area contributed by atoms with Crippen molar-refractivity contribution in [3.8, 4) is 0 Å². The van der Waals surface area contributed by atoms with Gasteiger partial charge in [-0.15, -0.1) is 0 Å². The third kappa shape index (κ3) is 2.52. The van der Waals surface area contributed by atoms with Crippen LogP contribution >= 0.6 is 0 Å². The summed E-state index contributed by atoms with van der Waals surface area (Å²) in [6, 6.07) is 14.9. The van der Waals surface area contributed by atoms with Crippen LogP contribution in [0.25, 0.3) is 21.8 Å². The van der Waals surface area contributed by atoms with E-state index in [2.05, 4.69) is 16.0 Å². The lowest BCUT2D eigenvalue weighted by Crippen LogP contribution is -2.47. The summed E-state index contributed by atoms with van der Waals surface area (Å²) >= 11 is 0. The zero-order valence-electron chi connectivity index (χ0n) is 15.6. The highest BCUT2D eigenvalue weighted by Crippen LogP contribution is 2.23. The number of hydrogen-bond acceptors (Lipinski definition) is 3. The molecule has 1 atom stereocenters. The van der Waals surface area contributed by atoms with Crippen LogP contribution in [0.1, 0.15) is 24.4 Å². The molecule has 0 saturated carbocycles. The lowest BCUT2D eigenvalue weighted by molar-refractivity contribution is -0.137. The van der Waals surface area contributed by atoms with Crippen LogP contribution in [0.4, 0.5) is 0 Å². The average molecular weight is 372 g/mol. The van der Waals surface area contributed by atoms with E-state index in [1.54, 1.807) is 17.6 Å². The molecule has 0 bridgehead atoms. The first kappa shape index (κ1) is 16.7. The molecule has 6 nitrogen and oxygen atoms in total. The number of nitrogens with one attached hydrogen (secondary N) is 1. The third-order valence-electron chi connectivity index (χ3n) is 5.60. The number of nitrogens with zero attached hydrogens (tertiary/aromatic N) is 3. The Bertz CT molecular complexity index is 1270. The molecule has 2 aromatic carbocycles. The van der Waals surface area contributed by atoms with Gasteiger partial charge in [-0.25, -0.2) is 4.98 Å². The number of carbonyl (C=O) groups excluding carboxylic acids is 1. The van der Waals surface area contributed by atoms with Gasteiger partial charge in [0.05, 0.1) is 17.4 Å². The molecule has 0 aliphatic carbocycles. The maximum Gasteiger partial charge on any atom is 0.262 e. The van der Waals surface area contributed by atoms with Crippen molar-refractivity contribution in [3.63, 3.8) is 0 Å². The van der Waals surface area contributed by atoms with E-state index in [-0.39, 0.29) is 11.5 Å². The van der Waals surface area contributed by atoms with Crippen LogP contribution in [0.15, 0.2) is 59.5 Å². The minimum atomic E-state index is -0.545. The molecule has 28 heavy (non-hydrogen) atoms. The molecular formula is C22H20N4O2. The molecular weight excluding hydrogens is 352 g/mol. The van der Waals surface area contributed by atoms with Crippen LogP contribution in [-0.4, -0.2) is 31.9 Å². The van der Waals surface area contributed by atoms with Crippen molar-refractivity contribution in [2.75, 3.05) is 6.54 Å². The first-order valence-electron chi connectivity index (χ1n) is 9.47. The molecule has 140 valence electrons. The third-order valence-corrected chi connectivity index (χ3v) is 5.60. The second kappa shape index (κ2) is 6.34. The number of para-hydroxylation sites is 2. The Kier molecular flexibility index (Phi) is 3.79. The minimum absolute atomic E-state index is 0.0356. The first-order valence-corrected chi connectivity index (χ1v) is 9.47. The number of benzene rings is 2. The van der Waals surface area contributed by atoms with Crippen molar-refractivity contribution in [2.24, 2.45) is 0 Å². The normalized spacial score (nSPS) is 16.7. The first-order chi connectivity index (χ1) is 13.6. The number of H-pyrrole nitrogens is 1. The average Bonchev–Trinajstić information content (AvgIpc) is 3.13. The molecule has 1 aliphatic heterocycles. The second-order valence-electron chi connectivity index (χ2n) is 7.27. The molecule has 5 rings (SSSR count). The van der Waals surface area contributed by atoms with Gasteiger partial charge < -0.3 is 9.88 Å². The molecule has 1 aliphatic rings. The summed E-state index contributed by atoms with van der Waals surface area (Å²) < 4.78 is 1.55. The van der Waals surface area contributed by atoms with Gasteiger partial charge in [-0.05, 0) is 37.1 Å². The highest BCUT2D eigenvalue weighted by atomic mass is 16.2. The fraction of sp³-hybridized carbons (Fsp3) is 0.227. The maximum atomic E-state index is 12.9. The number of hydrogen-bond donors (Lipinski definition) is 1. The molecule has 1 N–H and O–H groups in total. The van der Waals surface area contributed by atoms with Gasteiger partial charge in [-0.3, -0.25) is 14.2 Å². The van der Waals surface area contributed by atoms with Gasteiger partial charge in [-0.1, -0.05) is 30.3 Å². The highest BCUT2D eigenvalue weighted by Gasteiger charge is 2.31. The van der Waals surface area contributed by atoms with Crippen LogP contribution in [0.5, 0.6) is 0 Å². The molecule has 2 aromatic heterocycles. The summed E-state index contributed by atoms with van der Waals surface area (Å²) in [6.07, 6.45) is 2.76. The summed E-state index contributed by atoms with van der Waals surface area (Å²) in [5.74, 6) is 0.612. The second-order valence-corrected chi connectivity index (χ2v) is 7.27. The number of amides is 1. The van der Waals surface area contributed by atoms with Gasteiger partial charge in [0.25, 0.3) is 5.56 Å². The zero-order valence-corrected chi connectivity index (χ0v) is 15.6.